The summed E-state index contributed by atoms with van der Waals surface area (Å²) in [5.41, 5.74) is 7.72. The lowest BCUT2D eigenvalue weighted by Crippen LogP contribution is -2.31. The number of carbonyl (C=O) groups is 7. The highest BCUT2D eigenvalue weighted by Gasteiger charge is 2.22. The summed E-state index contributed by atoms with van der Waals surface area (Å²) in [5, 5.41) is 46.5. The van der Waals surface area contributed by atoms with Gasteiger partial charge in [0.25, 0.3) is 5.91 Å². The summed E-state index contributed by atoms with van der Waals surface area (Å²) in [6, 6.07) is 11.9. The van der Waals surface area contributed by atoms with Gasteiger partial charge in [-0.3, -0.25) is 53.8 Å². The van der Waals surface area contributed by atoms with Crippen molar-refractivity contribution in [2.75, 3.05) is 46.4 Å². The lowest BCUT2D eigenvalue weighted by Gasteiger charge is -2.15. The standard InChI is InChI=1S/C25H48N6O8.C19H16ClNO4/c1-21(32)29(37)18-9-3-6-16-27-22(33)12-14-25(36)31(39)20-10-4-7-17-28-23(34)11-13-24(35)30(38)19-8-2-5-15-26;1-11-15(10-18(22)23)16-9-14(25-2)7-8-17(16)21(11)19(24)12-3-5-13(20)6-4-12/h37-39H,2-20,26H2,1H3,(H,27,33)(H,28,34);3-9H,10H2,1-2H3,(H,22,23). The Labute approximate surface area is 378 Å². The van der Waals surface area contributed by atoms with Crippen molar-refractivity contribution in [3.05, 3.63) is 64.3 Å². The molecule has 0 bridgehead atoms. The highest BCUT2D eigenvalue weighted by molar-refractivity contribution is 6.30. The van der Waals surface area contributed by atoms with Crippen molar-refractivity contribution in [3.63, 3.8) is 0 Å². The molecule has 19 nitrogen and oxygen atoms in total. The third-order valence-electron chi connectivity index (χ3n) is 10.0. The molecule has 3 aromatic rings. The number of hydrogen-bond donors (Lipinski definition) is 7. The topological polar surface area (TPSA) is 274 Å². The van der Waals surface area contributed by atoms with E-state index in [9.17, 15) is 54.3 Å². The Kier molecular flexibility index (Phi) is 25.3. The van der Waals surface area contributed by atoms with Gasteiger partial charge in [0, 0.05) is 87.0 Å². The van der Waals surface area contributed by atoms with Crippen LogP contribution in [0.3, 0.4) is 0 Å². The van der Waals surface area contributed by atoms with Crippen LogP contribution in [0.1, 0.15) is 112 Å². The van der Waals surface area contributed by atoms with Crippen molar-refractivity contribution in [1.29, 1.82) is 0 Å². The van der Waals surface area contributed by atoms with Crippen LogP contribution in [-0.4, -0.2) is 128 Å². The molecule has 0 atom stereocenters. The Hall–Kier alpha value is -5.60. The Bertz CT molecular complexity index is 1990. The van der Waals surface area contributed by atoms with Gasteiger partial charge in [-0.1, -0.05) is 18.0 Å². The maximum absolute atomic E-state index is 13.0. The zero-order valence-electron chi connectivity index (χ0n) is 37.0. The molecule has 8 N–H and O–H groups in total. The first-order chi connectivity index (χ1) is 30.5. The monoisotopic (exact) mass is 917 g/mol. The van der Waals surface area contributed by atoms with Crippen LogP contribution in [0.15, 0.2) is 42.5 Å². The molecular formula is C44H64ClN7O12. The number of benzene rings is 2. The molecule has 1 aromatic heterocycles. The van der Waals surface area contributed by atoms with Gasteiger partial charge in [0.2, 0.25) is 29.5 Å². The first-order valence-electron chi connectivity index (χ1n) is 21.4. The minimum atomic E-state index is -0.955. The van der Waals surface area contributed by atoms with Crippen LogP contribution in [0.2, 0.25) is 5.02 Å². The molecular weight excluding hydrogens is 854 g/mol. The van der Waals surface area contributed by atoms with E-state index in [0.29, 0.717) is 112 Å². The van der Waals surface area contributed by atoms with E-state index in [2.05, 4.69) is 10.6 Å². The van der Waals surface area contributed by atoms with Crippen molar-refractivity contribution in [2.45, 2.75) is 104 Å². The number of methoxy groups -OCH3 is 1. The minimum Gasteiger partial charge on any atom is -0.497 e. The number of fused-ring (bicyclic) bond motifs is 1. The fourth-order valence-electron chi connectivity index (χ4n) is 6.39. The second-order valence-corrected chi connectivity index (χ2v) is 15.4. The summed E-state index contributed by atoms with van der Waals surface area (Å²) in [5.74, 6) is -2.64. The number of hydroxylamine groups is 6. The zero-order valence-corrected chi connectivity index (χ0v) is 37.7. The number of unbranched alkanes of at least 4 members (excludes halogenated alkanes) is 6. The number of carboxylic acids is 1. The summed E-state index contributed by atoms with van der Waals surface area (Å²) in [6.07, 6.45) is 5.67. The molecule has 2 aromatic carbocycles. The van der Waals surface area contributed by atoms with Gasteiger partial charge in [-0.2, -0.15) is 0 Å². The smallest absolute Gasteiger partial charge is 0.307 e. The van der Waals surface area contributed by atoms with Crippen LogP contribution in [0.25, 0.3) is 10.9 Å². The van der Waals surface area contributed by atoms with Gasteiger partial charge < -0.3 is 26.2 Å². The van der Waals surface area contributed by atoms with Crippen molar-refractivity contribution < 1.29 is 59.0 Å². The minimum absolute atomic E-state index is 0.0191. The molecule has 20 heteroatoms. The average molecular weight is 918 g/mol. The first kappa shape index (κ1) is 54.5. The van der Waals surface area contributed by atoms with Crippen LogP contribution < -0.4 is 21.1 Å². The van der Waals surface area contributed by atoms with Crippen molar-refractivity contribution >= 4 is 63.9 Å². The fourth-order valence-corrected chi connectivity index (χ4v) is 6.52. The lowest BCUT2D eigenvalue weighted by atomic mass is 10.1. The molecule has 0 aliphatic heterocycles. The largest absolute Gasteiger partial charge is 0.497 e. The maximum Gasteiger partial charge on any atom is 0.307 e. The lowest BCUT2D eigenvalue weighted by molar-refractivity contribution is -0.166. The van der Waals surface area contributed by atoms with E-state index in [4.69, 9.17) is 22.1 Å². The summed E-state index contributed by atoms with van der Waals surface area (Å²) < 4.78 is 6.77. The summed E-state index contributed by atoms with van der Waals surface area (Å²) in [4.78, 5) is 82.6. The molecule has 3 rings (SSSR count). The average Bonchev–Trinajstić information content (AvgIpc) is 3.54. The molecule has 0 saturated heterocycles. The van der Waals surface area contributed by atoms with Crippen LogP contribution >= 0.6 is 11.6 Å². The number of nitrogens with one attached hydrogen (secondary N) is 2. The van der Waals surface area contributed by atoms with E-state index >= 15 is 0 Å². The van der Waals surface area contributed by atoms with Gasteiger partial charge in [-0.15, -0.1) is 0 Å². The second-order valence-electron chi connectivity index (χ2n) is 15.0. The van der Waals surface area contributed by atoms with Gasteiger partial charge in [0.1, 0.15) is 5.75 Å². The van der Waals surface area contributed by atoms with E-state index in [0.717, 1.165) is 19.3 Å². The van der Waals surface area contributed by atoms with E-state index in [1.807, 2.05) is 0 Å². The number of halogens is 1. The van der Waals surface area contributed by atoms with E-state index in [1.165, 1.54) is 11.5 Å². The number of hydrogen-bond acceptors (Lipinski definition) is 12. The Morgan fingerprint density at radius 3 is 1.67 bits per heavy atom. The molecule has 0 fully saturated rings. The molecule has 0 aliphatic rings. The number of nitrogens with zero attached hydrogens (tertiary/aromatic N) is 4. The predicted octanol–water partition coefficient (Wildman–Crippen LogP) is 4.85. The number of amides is 5. The number of carbonyl (C=O) groups excluding carboxylic acids is 6. The fraction of sp³-hybridized carbons (Fsp3) is 0.523. The summed E-state index contributed by atoms with van der Waals surface area (Å²) in [6.45, 7) is 4.97. The normalized spacial score (nSPS) is 10.7. The molecule has 64 heavy (non-hydrogen) atoms. The second kappa shape index (κ2) is 29.7. The number of aromatic nitrogens is 1. The molecule has 0 spiro atoms. The van der Waals surface area contributed by atoms with E-state index < -0.39 is 23.7 Å². The van der Waals surface area contributed by atoms with Crippen LogP contribution in [0.4, 0.5) is 0 Å². The van der Waals surface area contributed by atoms with Crippen molar-refractivity contribution in [3.8, 4) is 5.75 Å². The number of ether oxygens (including phenoxy) is 1. The van der Waals surface area contributed by atoms with Gasteiger partial charge in [0.15, 0.2) is 0 Å². The number of nitrogens with two attached hydrogens (primary N) is 1. The zero-order chi connectivity index (χ0) is 47.6. The summed E-state index contributed by atoms with van der Waals surface area (Å²) >= 11 is 5.89. The highest BCUT2D eigenvalue weighted by Crippen LogP contribution is 2.31. The maximum atomic E-state index is 13.0. The molecule has 354 valence electrons. The Morgan fingerprint density at radius 2 is 1.20 bits per heavy atom. The van der Waals surface area contributed by atoms with Gasteiger partial charge in [-0.25, -0.2) is 15.2 Å². The van der Waals surface area contributed by atoms with E-state index in [1.54, 1.807) is 56.5 Å². The Morgan fingerprint density at radius 1 is 0.703 bits per heavy atom. The molecule has 0 radical (unpaired) electrons. The number of rotatable bonds is 27. The molecule has 0 aliphatic carbocycles. The van der Waals surface area contributed by atoms with Gasteiger partial charge >= 0.3 is 5.97 Å². The molecule has 1 heterocycles. The van der Waals surface area contributed by atoms with Crippen LogP contribution in [-0.2, 0) is 35.2 Å². The Balaban J connectivity index is 0.000000479. The summed E-state index contributed by atoms with van der Waals surface area (Å²) in [7, 11) is 1.54. The van der Waals surface area contributed by atoms with Crippen LogP contribution in [0, 0.1) is 6.92 Å². The molecule has 0 saturated carbocycles. The third-order valence-corrected chi connectivity index (χ3v) is 10.3. The SMILES string of the molecule is CC(=O)N(O)CCCCCNC(=O)CCC(=O)N(O)CCCCCNC(=O)CCC(=O)N(O)CCCCCN.COc1ccc2c(c1)c(CC(=O)O)c(C)n2C(=O)c1ccc(Cl)cc1. The van der Waals surface area contributed by atoms with Crippen LogP contribution in [0.5, 0.6) is 5.75 Å². The molecule has 0 unspecified atom stereocenters. The first-order valence-corrected chi connectivity index (χ1v) is 21.8. The predicted molar refractivity (Wildman–Crippen MR) is 237 cm³/mol. The van der Waals surface area contributed by atoms with Gasteiger partial charge in [-0.05, 0) is 113 Å². The van der Waals surface area contributed by atoms with Gasteiger partial charge in [0.05, 0.1) is 19.0 Å². The third kappa shape index (κ3) is 19.8. The number of aliphatic carboxylic acids is 1. The van der Waals surface area contributed by atoms with Crippen molar-refractivity contribution in [2.24, 2.45) is 5.73 Å². The van der Waals surface area contributed by atoms with Crippen molar-refractivity contribution in [1.82, 2.24) is 30.4 Å². The quantitative estimate of drug-likeness (QED) is 0.0307. The molecule has 5 amide bonds. The highest BCUT2D eigenvalue weighted by atomic mass is 35.5. The number of carboxylic acid groups (broad SMARTS) is 1. The van der Waals surface area contributed by atoms with E-state index in [-0.39, 0.29) is 69.5 Å².